The molecule has 0 unspecified atom stereocenters. The van der Waals surface area contributed by atoms with Gasteiger partial charge in [-0.1, -0.05) is 76.6 Å². The molecule has 0 radical (unpaired) electrons. The van der Waals surface area contributed by atoms with E-state index in [0.717, 1.165) is 27.3 Å². The maximum Gasteiger partial charge on any atom is 0.244 e. The van der Waals surface area contributed by atoms with Crippen LogP contribution < -0.4 is 9.62 Å². The highest BCUT2D eigenvalue weighted by Gasteiger charge is 2.33. The van der Waals surface area contributed by atoms with Crippen molar-refractivity contribution >= 4 is 43.5 Å². The van der Waals surface area contributed by atoms with Crippen LogP contribution in [0.5, 0.6) is 0 Å². The molecule has 0 fully saturated rings. The topological polar surface area (TPSA) is 86.8 Å². The first-order valence-electron chi connectivity index (χ1n) is 12.4. The van der Waals surface area contributed by atoms with Crippen LogP contribution in [0.3, 0.4) is 0 Å². The number of benzene rings is 3. The Morgan fingerprint density at radius 2 is 1.61 bits per heavy atom. The molecule has 1 atom stereocenters. The number of nitrogens with zero attached hydrogens (tertiary/aromatic N) is 2. The van der Waals surface area contributed by atoms with Gasteiger partial charge in [-0.2, -0.15) is 0 Å². The zero-order chi connectivity index (χ0) is 27.9. The second-order valence-electron chi connectivity index (χ2n) is 9.57. The van der Waals surface area contributed by atoms with Crippen LogP contribution in [0.4, 0.5) is 5.69 Å². The average molecular weight is 601 g/mol. The van der Waals surface area contributed by atoms with E-state index in [4.69, 9.17) is 0 Å². The number of carbonyl (C=O) groups excluding carboxylic acids is 2. The Hall–Kier alpha value is -3.17. The van der Waals surface area contributed by atoms with Crippen molar-refractivity contribution in [3.8, 4) is 0 Å². The van der Waals surface area contributed by atoms with E-state index in [-0.39, 0.29) is 24.9 Å². The predicted molar refractivity (Wildman–Crippen MR) is 155 cm³/mol. The van der Waals surface area contributed by atoms with Crippen molar-refractivity contribution in [2.24, 2.45) is 0 Å². The van der Waals surface area contributed by atoms with Crippen molar-refractivity contribution in [3.63, 3.8) is 0 Å². The summed E-state index contributed by atoms with van der Waals surface area (Å²) in [5, 5.41) is 2.95. The molecule has 1 N–H and O–H groups in total. The SMILES string of the molecule is Cc1ccccc1CN(C(=O)CN(c1cccc(Br)c1)S(C)(=O)=O)[C@H](Cc1ccccc1)C(=O)NC(C)C. The van der Waals surface area contributed by atoms with Crippen LogP contribution in [0, 0.1) is 6.92 Å². The molecule has 0 saturated heterocycles. The molecule has 3 aromatic carbocycles. The maximum absolute atomic E-state index is 14.0. The average Bonchev–Trinajstić information content (AvgIpc) is 2.85. The van der Waals surface area contributed by atoms with E-state index < -0.39 is 28.5 Å². The molecule has 7 nitrogen and oxygen atoms in total. The molecule has 0 saturated carbocycles. The Kier molecular flexibility index (Phi) is 10.1. The number of hydrogen-bond acceptors (Lipinski definition) is 4. The van der Waals surface area contributed by atoms with E-state index in [1.807, 2.05) is 75.4 Å². The van der Waals surface area contributed by atoms with Crippen LogP contribution in [-0.4, -0.2) is 50.0 Å². The second kappa shape index (κ2) is 13.1. The first kappa shape index (κ1) is 29.4. The summed E-state index contributed by atoms with van der Waals surface area (Å²) >= 11 is 3.38. The molecule has 0 bridgehead atoms. The van der Waals surface area contributed by atoms with E-state index in [1.165, 1.54) is 4.90 Å². The largest absolute Gasteiger partial charge is 0.352 e. The Labute approximate surface area is 234 Å². The van der Waals surface area contributed by atoms with Gasteiger partial charge in [0.1, 0.15) is 12.6 Å². The molecule has 38 heavy (non-hydrogen) atoms. The molecular formula is C29H34BrN3O4S. The number of amides is 2. The predicted octanol–water partition coefficient (Wildman–Crippen LogP) is 4.69. The highest BCUT2D eigenvalue weighted by Crippen LogP contribution is 2.24. The minimum atomic E-state index is -3.80. The monoisotopic (exact) mass is 599 g/mol. The minimum absolute atomic E-state index is 0.134. The molecule has 0 spiro atoms. The van der Waals surface area contributed by atoms with E-state index >= 15 is 0 Å². The fraction of sp³-hybridized carbons (Fsp3) is 0.310. The third-order valence-electron chi connectivity index (χ3n) is 6.08. The van der Waals surface area contributed by atoms with Gasteiger partial charge in [-0.3, -0.25) is 13.9 Å². The molecule has 3 rings (SSSR count). The van der Waals surface area contributed by atoms with Gasteiger partial charge in [0.05, 0.1) is 11.9 Å². The van der Waals surface area contributed by atoms with Crippen LogP contribution in [0.2, 0.25) is 0 Å². The summed E-state index contributed by atoms with van der Waals surface area (Å²) in [6, 6.07) is 22.9. The minimum Gasteiger partial charge on any atom is -0.352 e. The lowest BCUT2D eigenvalue weighted by Crippen LogP contribution is -2.54. The fourth-order valence-corrected chi connectivity index (χ4v) is 5.38. The standard InChI is InChI=1S/C29H34BrN3O4S/c1-21(2)31-29(35)27(17-23-12-6-5-7-13-23)32(19-24-14-9-8-11-22(24)3)28(34)20-33(38(4,36)37)26-16-10-15-25(30)18-26/h5-16,18,21,27H,17,19-20H2,1-4H3,(H,31,35)/t27-/m1/s1. The first-order valence-corrected chi connectivity index (χ1v) is 15.0. The lowest BCUT2D eigenvalue weighted by Gasteiger charge is -2.34. The Morgan fingerprint density at radius 3 is 2.21 bits per heavy atom. The summed E-state index contributed by atoms with van der Waals surface area (Å²) in [5.41, 5.74) is 3.10. The molecule has 0 aliphatic heterocycles. The first-order chi connectivity index (χ1) is 18.0. The molecule has 0 heterocycles. The molecule has 9 heteroatoms. The van der Waals surface area contributed by atoms with Gasteiger partial charge in [0.2, 0.25) is 21.8 Å². The molecular weight excluding hydrogens is 566 g/mol. The summed E-state index contributed by atoms with van der Waals surface area (Å²) in [7, 11) is -3.80. The van der Waals surface area contributed by atoms with E-state index in [2.05, 4.69) is 21.2 Å². The number of aryl methyl sites for hydroxylation is 1. The Balaban J connectivity index is 2.07. The number of sulfonamides is 1. The number of nitrogens with one attached hydrogen (secondary N) is 1. The van der Waals surface area contributed by atoms with E-state index in [0.29, 0.717) is 10.2 Å². The van der Waals surface area contributed by atoms with Crippen molar-refractivity contribution in [2.45, 2.75) is 45.8 Å². The number of hydrogen-bond donors (Lipinski definition) is 1. The molecule has 202 valence electrons. The third kappa shape index (κ3) is 8.16. The van der Waals surface area contributed by atoms with Gasteiger partial charge in [0.25, 0.3) is 0 Å². The highest BCUT2D eigenvalue weighted by atomic mass is 79.9. The third-order valence-corrected chi connectivity index (χ3v) is 7.71. The lowest BCUT2D eigenvalue weighted by molar-refractivity contribution is -0.140. The number of anilines is 1. The quantitative estimate of drug-likeness (QED) is 0.346. The maximum atomic E-state index is 14.0. The normalized spacial score (nSPS) is 12.2. The summed E-state index contributed by atoms with van der Waals surface area (Å²) < 4.78 is 27.4. The van der Waals surface area contributed by atoms with Gasteiger partial charge in [0.15, 0.2) is 0 Å². The zero-order valence-electron chi connectivity index (χ0n) is 22.1. The molecule has 3 aromatic rings. The second-order valence-corrected chi connectivity index (χ2v) is 12.4. The van der Waals surface area contributed by atoms with Crippen LogP contribution in [0.25, 0.3) is 0 Å². The number of rotatable bonds is 11. The summed E-state index contributed by atoms with van der Waals surface area (Å²) in [6.45, 7) is 5.39. The lowest BCUT2D eigenvalue weighted by atomic mass is 10.0. The number of carbonyl (C=O) groups is 2. The van der Waals surface area contributed by atoms with Crippen molar-refractivity contribution < 1.29 is 18.0 Å². The Morgan fingerprint density at radius 1 is 0.947 bits per heavy atom. The molecule has 0 aliphatic rings. The summed E-state index contributed by atoms with van der Waals surface area (Å²) in [5.74, 6) is -0.766. The van der Waals surface area contributed by atoms with Crippen molar-refractivity contribution in [2.75, 3.05) is 17.1 Å². The molecule has 2 amide bonds. The molecule has 0 aliphatic carbocycles. The van der Waals surface area contributed by atoms with Gasteiger partial charge in [0, 0.05) is 23.5 Å². The van der Waals surface area contributed by atoms with E-state index in [9.17, 15) is 18.0 Å². The molecule has 0 aromatic heterocycles. The van der Waals surface area contributed by atoms with Gasteiger partial charge in [-0.05, 0) is 55.7 Å². The van der Waals surface area contributed by atoms with Crippen molar-refractivity contribution in [1.82, 2.24) is 10.2 Å². The van der Waals surface area contributed by atoms with Crippen LogP contribution in [0.15, 0.2) is 83.3 Å². The highest BCUT2D eigenvalue weighted by molar-refractivity contribution is 9.10. The fourth-order valence-electron chi connectivity index (χ4n) is 4.15. The van der Waals surface area contributed by atoms with Crippen LogP contribution in [0.1, 0.15) is 30.5 Å². The van der Waals surface area contributed by atoms with Gasteiger partial charge < -0.3 is 10.2 Å². The van der Waals surface area contributed by atoms with Gasteiger partial charge >= 0.3 is 0 Å². The zero-order valence-corrected chi connectivity index (χ0v) is 24.5. The van der Waals surface area contributed by atoms with Crippen molar-refractivity contribution in [3.05, 3.63) is 100 Å². The smallest absolute Gasteiger partial charge is 0.244 e. The van der Waals surface area contributed by atoms with Crippen LogP contribution >= 0.6 is 15.9 Å². The Bertz CT molecular complexity index is 1360. The summed E-state index contributed by atoms with van der Waals surface area (Å²) in [4.78, 5) is 29.1. The van der Waals surface area contributed by atoms with Gasteiger partial charge in [-0.15, -0.1) is 0 Å². The van der Waals surface area contributed by atoms with Crippen LogP contribution in [-0.2, 0) is 32.6 Å². The summed E-state index contributed by atoms with van der Waals surface area (Å²) in [6.07, 6.45) is 1.35. The number of halogens is 1. The van der Waals surface area contributed by atoms with E-state index in [1.54, 1.807) is 24.3 Å². The van der Waals surface area contributed by atoms with Gasteiger partial charge in [-0.25, -0.2) is 8.42 Å². The van der Waals surface area contributed by atoms with Crippen molar-refractivity contribution in [1.29, 1.82) is 0 Å².